The summed E-state index contributed by atoms with van der Waals surface area (Å²) in [7, 11) is -3.29. The second kappa shape index (κ2) is 11.2. The van der Waals surface area contributed by atoms with Gasteiger partial charge in [-0.3, -0.25) is 14.6 Å². The smallest absolute Gasteiger partial charge is 0.379 e. The van der Waals surface area contributed by atoms with Crippen molar-refractivity contribution in [2.75, 3.05) is 12.8 Å². The summed E-state index contributed by atoms with van der Waals surface area (Å²) in [6.07, 6.45) is 7.31. The molecular formula is C17H28NO5P. The molecule has 0 aromatic heterocycles. The first-order chi connectivity index (χ1) is 11.5. The molecule has 1 aromatic carbocycles. The molecule has 0 N–H and O–H groups in total. The standard InChI is InChI=1S/C17H28NO5P/c1-3-5-7-8-9-13-22-24(21,14-6-4-2)23-17-12-10-11-16(15-17)18(19)20/h10-12,15H,3-9,13-14H2,1-2H3. The first-order valence-corrected chi connectivity index (χ1v) is 10.4. The molecule has 0 aliphatic rings. The molecule has 0 aliphatic carbocycles. The number of hydrogen-bond acceptors (Lipinski definition) is 5. The summed E-state index contributed by atoms with van der Waals surface area (Å²) in [6.45, 7) is 4.55. The second-order valence-corrected chi connectivity index (χ2v) is 7.89. The van der Waals surface area contributed by atoms with Gasteiger partial charge in [-0.15, -0.1) is 0 Å². The fourth-order valence-corrected chi connectivity index (χ4v) is 4.03. The normalized spacial score (nSPS) is 13.4. The molecule has 136 valence electrons. The Morgan fingerprint density at radius 1 is 1.08 bits per heavy atom. The Labute approximate surface area is 144 Å². The topological polar surface area (TPSA) is 78.7 Å². The van der Waals surface area contributed by atoms with Crippen molar-refractivity contribution in [2.24, 2.45) is 0 Å². The highest BCUT2D eigenvalue weighted by atomic mass is 31.2. The lowest BCUT2D eigenvalue weighted by Crippen LogP contribution is -2.04. The molecule has 0 bridgehead atoms. The maximum Gasteiger partial charge on any atom is 0.379 e. The van der Waals surface area contributed by atoms with Crippen LogP contribution in [0.1, 0.15) is 58.8 Å². The monoisotopic (exact) mass is 357 g/mol. The molecule has 1 atom stereocenters. The second-order valence-electron chi connectivity index (χ2n) is 5.78. The Morgan fingerprint density at radius 2 is 1.79 bits per heavy atom. The number of unbranched alkanes of at least 4 members (excludes halogenated alkanes) is 5. The van der Waals surface area contributed by atoms with E-state index in [0.29, 0.717) is 12.8 Å². The molecule has 0 radical (unpaired) electrons. The summed E-state index contributed by atoms with van der Waals surface area (Å²) in [5.41, 5.74) is -0.0888. The first-order valence-electron chi connectivity index (χ1n) is 8.68. The summed E-state index contributed by atoms with van der Waals surface area (Å²) >= 11 is 0. The first kappa shape index (κ1) is 20.7. The van der Waals surface area contributed by atoms with Crippen molar-refractivity contribution in [3.63, 3.8) is 0 Å². The van der Waals surface area contributed by atoms with Crippen LogP contribution in [-0.4, -0.2) is 17.7 Å². The van der Waals surface area contributed by atoms with E-state index >= 15 is 0 Å². The van der Waals surface area contributed by atoms with Gasteiger partial charge in [-0.2, -0.15) is 0 Å². The zero-order valence-electron chi connectivity index (χ0n) is 14.6. The average molecular weight is 357 g/mol. The molecule has 0 saturated heterocycles. The van der Waals surface area contributed by atoms with Gasteiger partial charge in [0.05, 0.1) is 23.8 Å². The van der Waals surface area contributed by atoms with Crippen LogP contribution in [-0.2, 0) is 9.09 Å². The van der Waals surface area contributed by atoms with Gasteiger partial charge in [0, 0.05) is 6.07 Å². The highest BCUT2D eigenvalue weighted by Crippen LogP contribution is 2.49. The van der Waals surface area contributed by atoms with E-state index in [1.165, 1.54) is 31.0 Å². The van der Waals surface area contributed by atoms with Gasteiger partial charge in [0.1, 0.15) is 5.75 Å². The zero-order valence-corrected chi connectivity index (χ0v) is 15.5. The third-order valence-corrected chi connectivity index (χ3v) is 5.52. The molecule has 24 heavy (non-hydrogen) atoms. The Bertz CT molecular complexity index is 550. The van der Waals surface area contributed by atoms with Crippen molar-refractivity contribution >= 4 is 13.3 Å². The molecule has 0 spiro atoms. The van der Waals surface area contributed by atoms with Crippen molar-refractivity contribution in [1.29, 1.82) is 0 Å². The highest BCUT2D eigenvalue weighted by molar-refractivity contribution is 7.54. The van der Waals surface area contributed by atoms with Crippen LogP contribution in [0, 0.1) is 10.1 Å². The summed E-state index contributed by atoms with van der Waals surface area (Å²) in [5.74, 6) is 0.217. The van der Waals surface area contributed by atoms with E-state index in [0.717, 1.165) is 32.1 Å². The Morgan fingerprint density at radius 3 is 2.46 bits per heavy atom. The van der Waals surface area contributed by atoms with E-state index in [-0.39, 0.29) is 11.4 Å². The van der Waals surface area contributed by atoms with E-state index in [9.17, 15) is 14.7 Å². The van der Waals surface area contributed by atoms with E-state index in [2.05, 4.69) is 6.92 Å². The van der Waals surface area contributed by atoms with Gasteiger partial charge < -0.3 is 4.52 Å². The van der Waals surface area contributed by atoms with Crippen LogP contribution in [0.25, 0.3) is 0 Å². The number of non-ortho nitro benzene ring substituents is 1. The molecule has 1 unspecified atom stereocenters. The predicted molar refractivity (Wildman–Crippen MR) is 95.8 cm³/mol. The molecule has 0 aliphatic heterocycles. The van der Waals surface area contributed by atoms with Gasteiger partial charge in [-0.1, -0.05) is 52.0 Å². The van der Waals surface area contributed by atoms with Gasteiger partial charge in [0.2, 0.25) is 0 Å². The SMILES string of the molecule is CCCCCCCOP(=O)(CCCC)Oc1cccc([N+](=O)[O-])c1. The molecule has 7 heteroatoms. The minimum atomic E-state index is -3.29. The van der Waals surface area contributed by atoms with Crippen LogP contribution in [0.2, 0.25) is 0 Å². The third kappa shape index (κ3) is 7.93. The summed E-state index contributed by atoms with van der Waals surface area (Å²) in [5, 5.41) is 10.8. The van der Waals surface area contributed by atoms with Crippen LogP contribution in [0.3, 0.4) is 0 Å². The van der Waals surface area contributed by atoms with Crippen LogP contribution in [0.15, 0.2) is 24.3 Å². The number of nitrogens with zero attached hydrogens (tertiary/aromatic N) is 1. The van der Waals surface area contributed by atoms with Crippen LogP contribution < -0.4 is 4.52 Å². The lowest BCUT2D eigenvalue weighted by molar-refractivity contribution is -0.384. The summed E-state index contributed by atoms with van der Waals surface area (Å²) in [4.78, 5) is 10.3. The fourth-order valence-electron chi connectivity index (χ4n) is 2.21. The zero-order chi connectivity index (χ0) is 17.8. The van der Waals surface area contributed by atoms with Crippen LogP contribution >= 0.6 is 7.60 Å². The summed E-state index contributed by atoms with van der Waals surface area (Å²) < 4.78 is 24.0. The number of nitro benzene ring substituents is 1. The average Bonchev–Trinajstić information content (AvgIpc) is 2.56. The van der Waals surface area contributed by atoms with Crippen LogP contribution in [0.4, 0.5) is 5.69 Å². The Balaban J connectivity index is 2.64. The van der Waals surface area contributed by atoms with E-state index in [1.807, 2.05) is 6.92 Å². The van der Waals surface area contributed by atoms with Gasteiger partial charge in [0.15, 0.2) is 0 Å². The van der Waals surface area contributed by atoms with E-state index in [1.54, 1.807) is 6.07 Å². The lowest BCUT2D eigenvalue weighted by Gasteiger charge is -2.19. The van der Waals surface area contributed by atoms with Crippen molar-refractivity contribution < 1.29 is 18.5 Å². The molecule has 0 amide bonds. The van der Waals surface area contributed by atoms with E-state index in [4.69, 9.17) is 9.05 Å². The minimum absolute atomic E-state index is 0.0888. The number of nitro groups is 1. The lowest BCUT2D eigenvalue weighted by atomic mass is 10.2. The number of benzene rings is 1. The third-order valence-electron chi connectivity index (χ3n) is 3.59. The number of rotatable bonds is 13. The predicted octanol–water partition coefficient (Wildman–Crippen LogP) is 5.95. The van der Waals surface area contributed by atoms with Crippen molar-refractivity contribution in [3.8, 4) is 5.75 Å². The fraction of sp³-hybridized carbons (Fsp3) is 0.647. The molecule has 1 aromatic rings. The Hall–Kier alpha value is -1.39. The molecule has 0 heterocycles. The van der Waals surface area contributed by atoms with Crippen molar-refractivity contribution in [2.45, 2.75) is 58.8 Å². The van der Waals surface area contributed by atoms with Gasteiger partial charge in [0.25, 0.3) is 5.69 Å². The molecular weight excluding hydrogens is 329 g/mol. The minimum Gasteiger partial charge on any atom is -0.424 e. The van der Waals surface area contributed by atoms with E-state index < -0.39 is 12.5 Å². The largest absolute Gasteiger partial charge is 0.424 e. The van der Waals surface area contributed by atoms with Gasteiger partial charge in [-0.05, 0) is 18.9 Å². The van der Waals surface area contributed by atoms with Crippen molar-refractivity contribution in [1.82, 2.24) is 0 Å². The number of hydrogen-bond donors (Lipinski definition) is 0. The van der Waals surface area contributed by atoms with Crippen molar-refractivity contribution in [3.05, 3.63) is 34.4 Å². The van der Waals surface area contributed by atoms with Gasteiger partial charge in [-0.25, -0.2) is 4.57 Å². The van der Waals surface area contributed by atoms with Crippen LogP contribution in [0.5, 0.6) is 5.75 Å². The molecule has 1 rings (SSSR count). The maximum atomic E-state index is 12.9. The summed E-state index contributed by atoms with van der Waals surface area (Å²) in [6, 6.07) is 5.74. The highest BCUT2D eigenvalue weighted by Gasteiger charge is 2.26. The Kier molecular flexibility index (Phi) is 9.65. The maximum absolute atomic E-state index is 12.9. The molecule has 0 saturated carbocycles. The molecule has 6 nitrogen and oxygen atoms in total. The molecule has 0 fully saturated rings. The van der Waals surface area contributed by atoms with Gasteiger partial charge >= 0.3 is 7.60 Å². The quantitative estimate of drug-likeness (QED) is 0.188.